The molecule has 0 N–H and O–H groups in total. The predicted octanol–water partition coefficient (Wildman–Crippen LogP) is 3.15. The number of halogens is 1. The molecule has 3 rings (SSSR count). The first kappa shape index (κ1) is 11.8. The van der Waals surface area contributed by atoms with E-state index >= 15 is 0 Å². The van der Waals surface area contributed by atoms with Crippen LogP contribution in [0.3, 0.4) is 0 Å². The summed E-state index contributed by atoms with van der Waals surface area (Å²) in [5.41, 5.74) is 2.64. The average Bonchev–Trinajstić information content (AvgIpc) is 2.59. The van der Waals surface area contributed by atoms with E-state index in [0.29, 0.717) is 0 Å². The quantitative estimate of drug-likeness (QED) is 0.726. The highest BCUT2D eigenvalue weighted by Crippen LogP contribution is 2.33. The molecule has 0 spiro atoms. The van der Waals surface area contributed by atoms with Gasteiger partial charge in [-0.1, -0.05) is 42.9 Å². The summed E-state index contributed by atoms with van der Waals surface area (Å²) in [6.07, 6.45) is 0. The van der Waals surface area contributed by atoms with Gasteiger partial charge in [-0.05, 0) is 39.7 Å². The van der Waals surface area contributed by atoms with Crippen molar-refractivity contribution in [3.63, 3.8) is 0 Å². The topological polar surface area (TPSA) is 9.23 Å². The summed E-state index contributed by atoms with van der Waals surface area (Å²) in [4.78, 5) is 0. The third-order valence-corrected chi connectivity index (χ3v) is 7.58. The molecule has 1 nitrogen and oxygen atoms in total. The van der Waals surface area contributed by atoms with Gasteiger partial charge < -0.3 is 4.74 Å². The minimum absolute atomic E-state index is 0.820. The highest BCUT2D eigenvalue weighted by Gasteiger charge is 2.39. The lowest BCUT2D eigenvalue weighted by atomic mass is 10.1. The molecule has 2 aromatic carbocycles. The number of fused-ring (bicyclic) bond motifs is 3. The number of hydrogen-bond acceptors (Lipinski definition) is 1. The van der Waals surface area contributed by atoms with Crippen molar-refractivity contribution in [1.82, 2.24) is 0 Å². The minimum Gasteiger partial charge on any atom is -0.497 e. The van der Waals surface area contributed by atoms with Crippen LogP contribution in [-0.4, -0.2) is 15.2 Å². The van der Waals surface area contributed by atoms with Crippen LogP contribution in [0.15, 0.2) is 36.4 Å². The van der Waals surface area contributed by atoms with E-state index in [-0.39, 0.29) is 0 Å². The van der Waals surface area contributed by atoms with Gasteiger partial charge in [-0.2, -0.15) is 0 Å². The molecule has 0 radical (unpaired) electrons. The van der Waals surface area contributed by atoms with Crippen LogP contribution < -0.4 is 15.1 Å². The number of rotatable bonds is 1. The monoisotopic (exact) mass is 274 g/mol. The van der Waals surface area contributed by atoms with Crippen molar-refractivity contribution in [2.75, 3.05) is 7.11 Å². The highest BCUT2D eigenvalue weighted by molar-refractivity contribution is 7.04. The van der Waals surface area contributed by atoms with Crippen molar-refractivity contribution >= 4 is 30.0 Å². The summed E-state index contributed by atoms with van der Waals surface area (Å²) in [7, 11) is 0.0583. The number of benzene rings is 2. The van der Waals surface area contributed by atoms with Crippen LogP contribution >= 0.6 is 11.6 Å². The Labute approximate surface area is 113 Å². The second-order valence-electron chi connectivity index (χ2n) is 5.20. The van der Waals surface area contributed by atoms with Crippen LogP contribution in [-0.2, 0) is 0 Å². The predicted molar refractivity (Wildman–Crippen MR) is 80.2 cm³/mol. The molecule has 0 saturated carbocycles. The fraction of sp³-hybridized carbons (Fsp3) is 0.200. The van der Waals surface area contributed by atoms with Gasteiger partial charge in [-0.25, -0.2) is 0 Å². The molecule has 0 bridgehead atoms. The summed E-state index contributed by atoms with van der Waals surface area (Å²) in [5, 5.41) is 3.63. The third kappa shape index (κ3) is 1.46. The summed E-state index contributed by atoms with van der Waals surface area (Å²) in [6, 6.07) is 12.5. The molecule has 0 saturated heterocycles. The van der Waals surface area contributed by atoms with Gasteiger partial charge in [0, 0.05) is 5.02 Å². The molecule has 0 fully saturated rings. The summed E-state index contributed by atoms with van der Waals surface area (Å²) >= 11 is 6.16. The Hall–Kier alpha value is -1.25. The van der Waals surface area contributed by atoms with E-state index in [0.717, 1.165) is 10.8 Å². The van der Waals surface area contributed by atoms with Gasteiger partial charge in [0.05, 0.1) is 7.11 Å². The number of ether oxygens (including phenoxy) is 1. The smallest absolute Gasteiger partial charge is 0.119 e. The largest absolute Gasteiger partial charge is 0.497 e. The Kier molecular flexibility index (Phi) is 2.54. The molecule has 0 aromatic heterocycles. The van der Waals surface area contributed by atoms with Crippen molar-refractivity contribution in [3.8, 4) is 16.9 Å². The number of methoxy groups -OCH3 is 1. The maximum Gasteiger partial charge on any atom is 0.119 e. The fourth-order valence-corrected chi connectivity index (χ4v) is 6.61. The molecule has 2 aromatic rings. The summed E-state index contributed by atoms with van der Waals surface area (Å²) in [6.45, 7) is 4.72. The summed E-state index contributed by atoms with van der Waals surface area (Å²) < 4.78 is 5.56. The fourth-order valence-electron chi connectivity index (χ4n) is 2.97. The lowest BCUT2D eigenvalue weighted by Gasteiger charge is -2.21. The van der Waals surface area contributed by atoms with Crippen LogP contribution in [0.2, 0.25) is 18.1 Å². The molecular formula is C15H15ClOSi. The molecule has 1 heterocycles. The Balaban J connectivity index is 2.38. The molecule has 0 aliphatic carbocycles. The van der Waals surface area contributed by atoms with Crippen LogP contribution in [0, 0.1) is 0 Å². The van der Waals surface area contributed by atoms with E-state index in [1.54, 1.807) is 7.11 Å². The molecule has 0 unspecified atom stereocenters. The zero-order valence-corrected chi connectivity index (χ0v) is 12.5. The van der Waals surface area contributed by atoms with Crippen molar-refractivity contribution < 1.29 is 4.74 Å². The first-order valence-electron chi connectivity index (χ1n) is 6.03. The Bertz CT molecular complexity index is 634. The van der Waals surface area contributed by atoms with Gasteiger partial charge in [0.2, 0.25) is 0 Å². The standard InChI is InChI=1S/C15H15ClOSi/c1-17-13-6-4-5-12-11-8-7-10(16)9-14(11)18(2,3)15(12)13/h4-9H,1-3H3. The van der Waals surface area contributed by atoms with E-state index in [1.807, 2.05) is 6.07 Å². The van der Waals surface area contributed by atoms with Crippen LogP contribution in [0.25, 0.3) is 11.1 Å². The van der Waals surface area contributed by atoms with Crippen molar-refractivity contribution in [2.45, 2.75) is 13.1 Å². The second-order valence-corrected chi connectivity index (χ2v) is 9.92. The van der Waals surface area contributed by atoms with Gasteiger partial charge in [-0.3, -0.25) is 0 Å². The van der Waals surface area contributed by atoms with E-state index in [4.69, 9.17) is 16.3 Å². The lowest BCUT2D eigenvalue weighted by Crippen LogP contribution is -2.49. The minimum atomic E-state index is -1.69. The highest BCUT2D eigenvalue weighted by atomic mass is 35.5. The first-order chi connectivity index (χ1) is 8.55. The lowest BCUT2D eigenvalue weighted by molar-refractivity contribution is 0.418. The molecule has 0 atom stereocenters. The van der Waals surface area contributed by atoms with Gasteiger partial charge in [0.1, 0.15) is 13.8 Å². The summed E-state index contributed by atoms with van der Waals surface area (Å²) in [5.74, 6) is 1.01. The van der Waals surface area contributed by atoms with Gasteiger partial charge in [0.25, 0.3) is 0 Å². The van der Waals surface area contributed by atoms with E-state index in [1.165, 1.54) is 21.5 Å². The Morgan fingerprint density at radius 2 is 1.83 bits per heavy atom. The molecule has 0 amide bonds. The zero-order chi connectivity index (χ0) is 12.9. The zero-order valence-electron chi connectivity index (χ0n) is 10.8. The van der Waals surface area contributed by atoms with Crippen molar-refractivity contribution in [2.24, 2.45) is 0 Å². The molecule has 18 heavy (non-hydrogen) atoms. The van der Waals surface area contributed by atoms with Crippen molar-refractivity contribution in [3.05, 3.63) is 41.4 Å². The van der Waals surface area contributed by atoms with Gasteiger partial charge in [0.15, 0.2) is 0 Å². The molecular weight excluding hydrogens is 260 g/mol. The average molecular weight is 275 g/mol. The van der Waals surface area contributed by atoms with Crippen LogP contribution in [0.5, 0.6) is 5.75 Å². The van der Waals surface area contributed by atoms with Gasteiger partial charge in [-0.15, -0.1) is 0 Å². The van der Waals surface area contributed by atoms with Crippen LogP contribution in [0.4, 0.5) is 0 Å². The van der Waals surface area contributed by atoms with Gasteiger partial charge >= 0.3 is 0 Å². The van der Waals surface area contributed by atoms with Crippen molar-refractivity contribution in [1.29, 1.82) is 0 Å². The molecule has 3 heteroatoms. The van der Waals surface area contributed by atoms with Crippen LogP contribution in [0.1, 0.15) is 0 Å². The molecule has 92 valence electrons. The van der Waals surface area contributed by atoms with E-state index in [2.05, 4.69) is 43.4 Å². The third-order valence-electron chi connectivity index (χ3n) is 3.82. The molecule has 1 aliphatic rings. The van der Waals surface area contributed by atoms with E-state index in [9.17, 15) is 0 Å². The maximum atomic E-state index is 6.16. The maximum absolute atomic E-state index is 6.16. The Morgan fingerprint density at radius 3 is 2.56 bits per heavy atom. The molecule has 1 aliphatic heterocycles. The normalized spacial score (nSPS) is 15.1. The van der Waals surface area contributed by atoms with E-state index < -0.39 is 8.07 Å². The number of hydrogen-bond donors (Lipinski definition) is 0. The Morgan fingerprint density at radius 1 is 1.06 bits per heavy atom. The first-order valence-corrected chi connectivity index (χ1v) is 9.41. The second kappa shape index (κ2) is 3.87. The SMILES string of the molecule is COc1cccc2c1[Si](C)(C)c1cc(Cl)ccc1-2.